The van der Waals surface area contributed by atoms with Crippen molar-refractivity contribution in [1.82, 2.24) is 4.90 Å². The number of benzene rings is 1. The van der Waals surface area contributed by atoms with E-state index in [4.69, 9.17) is 4.74 Å². The Morgan fingerprint density at radius 2 is 2.10 bits per heavy atom. The van der Waals surface area contributed by atoms with E-state index < -0.39 is 10.7 Å². The lowest BCUT2D eigenvalue weighted by Crippen LogP contribution is -2.36. The van der Waals surface area contributed by atoms with Crippen LogP contribution in [0, 0.1) is 15.9 Å². The number of anilines is 1. The normalized spacial score (nSPS) is 16.9. The first-order chi connectivity index (χ1) is 9.51. The summed E-state index contributed by atoms with van der Waals surface area (Å²) in [6, 6.07) is 2.42. The molecule has 0 bridgehead atoms. The summed E-state index contributed by atoms with van der Waals surface area (Å²) >= 11 is 0. The van der Waals surface area contributed by atoms with Gasteiger partial charge < -0.3 is 15.0 Å². The fourth-order valence-electron chi connectivity index (χ4n) is 2.33. The van der Waals surface area contributed by atoms with Gasteiger partial charge in [0.1, 0.15) is 0 Å². The van der Waals surface area contributed by atoms with Crippen molar-refractivity contribution in [2.75, 3.05) is 32.6 Å². The fraction of sp³-hybridized carbons (Fsp3) is 0.538. The molecule has 1 aromatic rings. The van der Waals surface area contributed by atoms with Crippen LogP contribution in [0.25, 0.3) is 0 Å². The third-order valence-electron chi connectivity index (χ3n) is 3.54. The van der Waals surface area contributed by atoms with Gasteiger partial charge in [-0.2, -0.15) is 0 Å². The van der Waals surface area contributed by atoms with Crippen LogP contribution in [0.3, 0.4) is 0 Å². The molecule has 0 spiro atoms. The first kappa shape index (κ1) is 14.5. The second kappa shape index (κ2) is 6.04. The zero-order chi connectivity index (χ0) is 14.7. The topological polar surface area (TPSA) is 67.6 Å². The van der Waals surface area contributed by atoms with Crippen LogP contribution in [-0.2, 0) is 0 Å². The third kappa shape index (κ3) is 3.16. The molecule has 1 saturated heterocycles. The standard InChI is InChI=1S/C13H18FN3O3/c1-16-5-3-9(4-6-16)15-11-8-13(20-2)12(17(18)19)7-10(11)14/h7-9,15H,3-6H2,1-2H3. The molecule has 0 aromatic heterocycles. The van der Waals surface area contributed by atoms with Gasteiger partial charge in [-0.15, -0.1) is 0 Å². The van der Waals surface area contributed by atoms with Crippen LogP contribution < -0.4 is 10.1 Å². The van der Waals surface area contributed by atoms with Gasteiger partial charge in [0.2, 0.25) is 0 Å². The summed E-state index contributed by atoms with van der Waals surface area (Å²) in [6.07, 6.45) is 1.82. The Morgan fingerprint density at radius 3 is 2.65 bits per heavy atom. The van der Waals surface area contributed by atoms with Crippen LogP contribution in [0.2, 0.25) is 0 Å². The number of rotatable bonds is 4. The van der Waals surface area contributed by atoms with Crippen molar-refractivity contribution in [3.05, 3.63) is 28.1 Å². The molecule has 0 unspecified atom stereocenters. The maximum absolute atomic E-state index is 13.9. The number of ether oxygens (including phenoxy) is 1. The summed E-state index contributed by atoms with van der Waals surface area (Å²) in [5.41, 5.74) is -0.110. The molecule has 110 valence electrons. The smallest absolute Gasteiger partial charge is 0.313 e. The van der Waals surface area contributed by atoms with Crippen LogP contribution in [0.1, 0.15) is 12.8 Å². The molecule has 0 amide bonds. The lowest BCUT2D eigenvalue weighted by Gasteiger charge is -2.30. The lowest BCUT2D eigenvalue weighted by molar-refractivity contribution is -0.385. The molecule has 1 N–H and O–H groups in total. The molecule has 0 aliphatic carbocycles. The molecule has 20 heavy (non-hydrogen) atoms. The largest absolute Gasteiger partial charge is 0.490 e. The van der Waals surface area contributed by atoms with Gasteiger partial charge in [0.05, 0.1) is 23.8 Å². The minimum atomic E-state index is -0.652. The summed E-state index contributed by atoms with van der Waals surface area (Å²) in [6.45, 7) is 1.90. The second-order valence-corrected chi connectivity index (χ2v) is 4.98. The number of hydrogen-bond acceptors (Lipinski definition) is 5. The average Bonchev–Trinajstić information content (AvgIpc) is 2.42. The van der Waals surface area contributed by atoms with Gasteiger partial charge in [-0.25, -0.2) is 4.39 Å². The van der Waals surface area contributed by atoms with Gasteiger partial charge in [0, 0.05) is 12.1 Å². The number of nitro groups is 1. The van der Waals surface area contributed by atoms with Gasteiger partial charge in [0.25, 0.3) is 0 Å². The summed E-state index contributed by atoms with van der Waals surface area (Å²) in [5.74, 6) is -0.566. The van der Waals surface area contributed by atoms with Crippen LogP contribution in [0.15, 0.2) is 12.1 Å². The van der Waals surface area contributed by atoms with Crippen molar-refractivity contribution < 1.29 is 14.1 Å². The molecule has 0 radical (unpaired) electrons. The highest BCUT2D eigenvalue weighted by atomic mass is 19.1. The van der Waals surface area contributed by atoms with Crippen molar-refractivity contribution in [2.24, 2.45) is 0 Å². The molecular weight excluding hydrogens is 265 g/mol. The predicted molar refractivity (Wildman–Crippen MR) is 73.7 cm³/mol. The van der Waals surface area contributed by atoms with E-state index in [0.29, 0.717) is 0 Å². The Morgan fingerprint density at radius 1 is 1.45 bits per heavy atom. The van der Waals surface area contributed by atoms with E-state index in [1.165, 1.54) is 13.2 Å². The lowest BCUT2D eigenvalue weighted by atomic mass is 10.1. The first-order valence-corrected chi connectivity index (χ1v) is 6.48. The van der Waals surface area contributed by atoms with Crippen molar-refractivity contribution in [1.29, 1.82) is 0 Å². The Balaban J connectivity index is 2.17. The van der Waals surface area contributed by atoms with Crippen LogP contribution >= 0.6 is 0 Å². The maximum Gasteiger partial charge on any atom is 0.313 e. The summed E-state index contributed by atoms with van der Waals surface area (Å²) in [5, 5.41) is 13.9. The Hall–Kier alpha value is -1.89. The SMILES string of the molecule is COc1cc(NC2CCN(C)CC2)c(F)cc1[N+](=O)[O-]. The van der Waals surface area contributed by atoms with Crippen LogP contribution in [0.4, 0.5) is 15.8 Å². The van der Waals surface area contributed by atoms with Crippen molar-refractivity contribution in [2.45, 2.75) is 18.9 Å². The molecule has 1 aromatic carbocycles. The van der Waals surface area contributed by atoms with Gasteiger partial charge in [-0.1, -0.05) is 0 Å². The Labute approximate surface area is 116 Å². The molecule has 0 saturated carbocycles. The monoisotopic (exact) mass is 283 g/mol. The second-order valence-electron chi connectivity index (χ2n) is 4.98. The van der Waals surface area contributed by atoms with E-state index in [-0.39, 0.29) is 23.2 Å². The zero-order valence-electron chi connectivity index (χ0n) is 11.6. The molecule has 2 rings (SSSR count). The fourth-order valence-corrected chi connectivity index (χ4v) is 2.33. The maximum atomic E-state index is 13.9. The average molecular weight is 283 g/mol. The summed E-state index contributed by atoms with van der Waals surface area (Å²) in [4.78, 5) is 12.4. The molecule has 6 nitrogen and oxygen atoms in total. The minimum absolute atomic E-state index is 0.0619. The highest BCUT2D eigenvalue weighted by molar-refractivity contribution is 5.59. The highest BCUT2D eigenvalue weighted by Crippen LogP contribution is 2.33. The molecule has 0 atom stereocenters. The Bertz CT molecular complexity index is 502. The van der Waals surface area contributed by atoms with E-state index in [1.807, 2.05) is 7.05 Å². The van der Waals surface area contributed by atoms with E-state index in [9.17, 15) is 14.5 Å². The number of methoxy groups -OCH3 is 1. The number of hydrogen-bond donors (Lipinski definition) is 1. The quantitative estimate of drug-likeness (QED) is 0.678. The molecule has 1 heterocycles. The van der Waals surface area contributed by atoms with Gasteiger partial charge in [-0.05, 0) is 33.0 Å². The van der Waals surface area contributed by atoms with Crippen molar-refractivity contribution in [3.63, 3.8) is 0 Å². The molecule has 1 fully saturated rings. The predicted octanol–water partition coefficient (Wildman–Crippen LogP) is 2.25. The molecular formula is C13H18FN3O3. The number of halogens is 1. The third-order valence-corrected chi connectivity index (χ3v) is 3.54. The molecule has 7 heteroatoms. The van der Waals surface area contributed by atoms with Crippen molar-refractivity contribution >= 4 is 11.4 Å². The van der Waals surface area contributed by atoms with Gasteiger partial charge >= 0.3 is 5.69 Å². The Kier molecular flexibility index (Phi) is 4.39. The number of likely N-dealkylation sites (tertiary alicyclic amines) is 1. The molecule has 1 aliphatic heterocycles. The zero-order valence-corrected chi connectivity index (χ0v) is 11.6. The van der Waals surface area contributed by atoms with Crippen LogP contribution in [-0.4, -0.2) is 43.1 Å². The summed E-state index contributed by atoms with van der Waals surface area (Å²) < 4.78 is 18.9. The number of nitro benzene ring substituents is 1. The summed E-state index contributed by atoms with van der Waals surface area (Å²) in [7, 11) is 3.38. The van der Waals surface area contributed by atoms with E-state index >= 15 is 0 Å². The number of nitrogens with one attached hydrogen (secondary N) is 1. The number of nitrogens with zero attached hydrogens (tertiary/aromatic N) is 2. The van der Waals surface area contributed by atoms with Crippen LogP contribution in [0.5, 0.6) is 5.75 Å². The highest BCUT2D eigenvalue weighted by Gasteiger charge is 2.22. The minimum Gasteiger partial charge on any atom is -0.490 e. The van der Waals surface area contributed by atoms with E-state index in [0.717, 1.165) is 32.0 Å². The molecule has 1 aliphatic rings. The van der Waals surface area contributed by atoms with E-state index in [1.54, 1.807) is 0 Å². The first-order valence-electron chi connectivity index (χ1n) is 6.48. The number of piperidine rings is 1. The van der Waals surface area contributed by atoms with Crippen molar-refractivity contribution in [3.8, 4) is 5.75 Å². The van der Waals surface area contributed by atoms with Gasteiger partial charge in [-0.3, -0.25) is 10.1 Å². The van der Waals surface area contributed by atoms with E-state index in [2.05, 4.69) is 10.2 Å². The van der Waals surface area contributed by atoms with Gasteiger partial charge in [0.15, 0.2) is 11.6 Å².